The molecule has 8 heteroatoms. The van der Waals surface area contributed by atoms with Crippen LogP contribution in [-0.4, -0.2) is 39.1 Å². The van der Waals surface area contributed by atoms with E-state index in [4.69, 9.17) is 20.3 Å². The number of aromatic nitrogens is 3. The number of pyridine rings is 1. The zero-order valence-corrected chi connectivity index (χ0v) is 20.8. The molecule has 0 atom stereocenters. The maximum absolute atomic E-state index is 11.3. The Labute approximate surface area is 219 Å². The van der Waals surface area contributed by atoms with Gasteiger partial charge in [-0.25, -0.2) is 4.98 Å². The van der Waals surface area contributed by atoms with Crippen molar-refractivity contribution in [2.45, 2.75) is 31.9 Å². The van der Waals surface area contributed by atoms with Gasteiger partial charge in [0.05, 0.1) is 18.0 Å². The summed E-state index contributed by atoms with van der Waals surface area (Å²) in [5.41, 5.74) is 10.7. The smallest absolute Gasteiger partial charge is 0.307 e. The quantitative estimate of drug-likeness (QED) is 0.303. The van der Waals surface area contributed by atoms with Gasteiger partial charge in [0.15, 0.2) is 0 Å². The van der Waals surface area contributed by atoms with Gasteiger partial charge in [-0.15, -0.1) is 0 Å². The summed E-state index contributed by atoms with van der Waals surface area (Å²) in [7, 11) is 0. The second-order valence-corrected chi connectivity index (χ2v) is 9.53. The average Bonchev–Trinajstić information content (AvgIpc) is 3.30. The molecule has 0 unspecified atom stereocenters. The van der Waals surface area contributed by atoms with Gasteiger partial charge in [-0.05, 0) is 53.6 Å². The average molecular weight is 509 g/mol. The molecule has 192 valence electrons. The first-order chi connectivity index (χ1) is 18.6. The highest BCUT2D eigenvalue weighted by molar-refractivity contribution is 6.02. The number of carboxylic acids is 1. The van der Waals surface area contributed by atoms with Crippen LogP contribution in [0.25, 0.3) is 32.8 Å². The Balaban J connectivity index is 1.43. The van der Waals surface area contributed by atoms with Crippen molar-refractivity contribution in [3.05, 3.63) is 84.2 Å². The maximum Gasteiger partial charge on any atom is 0.307 e. The van der Waals surface area contributed by atoms with E-state index in [1.54, 1.807) is 18.3 Å². The molecule has 3 heterocycles. The number of nitrogen functional groups attached to an aromatic ring is 1. The van der Waals surface area contributed by atoms with E-state index in [-0.39, 0.29) is 19.1 Å². The number of carboxylic acid groups (broad SMARTS) is 1. The predicted octanol–water partition coefficient (Wildman–Crippen LogP) is 5.39. The monoisotopic (exact) mass is 508 g/mol. The fraction of sp³-hybridized carbons (Fsp3) is 0.233. The van der Waals surface area contributed by atoms with E-state index in [2.05, 4.69) is 33.9 Å². The number of anilines is 1. The molecular formula is C30H28N4O4. The fourth-order valence-corrected chi connectivity index (χ4v) is 5.27. The highest BCUT2D eigenvalue weighted by Crippen LogP contribution is 2.35. The lowest BCUT2D eigenvalue weighted by Gasteiger charge is -2.23. The summed E-state index contributed by atoms with van der Waals surface area (Å²) >= 11 is 0. The molecule has 0 bridgehead atoms. The Hall–Kier alpha value is -4.43. The lowest BCUT2D eigenvalue weighted by atomic mass is 9.97. The number of hydrogen-bond acceptors (Lipinski definition) is 6. The fourth-order valence-electron chi connectivity index (χ4n) is 5.27. The van der Waals surface area contributed by atoms with Crippen molar-refractivity contribution in [3.8, 4) is 16.9 Å². The second-order valence-electron chi connectivity index (χ2n) is 9.53. The third kappa shape index (κ3) is 4.54. The summed E-state index contributed by atoms with van der Waals surface area (Å²) in [4.78, 5) is 15.6. The Morgan fingerprint density at radius 1 is 1.03 bits per heavy atom. The van der Waals surface area contributed by atoms with Crippen molar-refractivity contribution in [1.29, 1.82) is 0 Å². The zero-order chi connectivity index (χ0) is 26.1. The van der Waals surface area contributed by atoms with E-state index in [0.717, 1.165) is 51.3 Å². The van der Waals surface area contributed by atoms with Crippen LogP contribution in [0.1, 0.15) is 30.1 Å². The van der Waals surface area contributed by atoms with Crippen LogP contribution in [0.4, 0.5) is 5.82 Å². The summed E-state index contributed by atoms with van der Waals surface area (Å²) in [6, 6.07) is 21.9. The van der Waals surface area contributed by atoms with Crippen molar-refractivity contribution < 1.29 is 19.4 Å². The molecule has 38 heavy (non-hydrogen) atoms. The van der Waals surface area contributed by atoms with Crippen molar-refractivity contribution in [2.24, 2.45) is 0 Å². The van der Waals surface area contributed by atoms with Crippen molar-refractivity contribution >= 4 is 33.5 Å². The van der Waals surface area contributed by atoms with Crippen LogP contribution in [0.2, 0.25) is 0 Å². The summed E-state index contributed by atoms with van der Waals surface area (Å²) in [6.07, 6.45) is 3.43. The number of benzene rings is 3. The van der Waals surface area contributed by atoms with Gasteiger partial charge < -0.3 is 20.3 Å². The van der Waals surface area contributed by atoms with Gasteiger partial charge in [-0.2, -0.15) is 5.10 Å². The Morgan fingerprint density at radius 3 is 2.71 bits per heavy atom. The first-order valence-corrected chi connectivity index (χ1v) is 12.7. The van der Waals surface area contributed by atoms with E-state index in [9.17, 15) is 9.90 Å². The number of rotatable bonds is 7. The second kappa shape index (κ2) is 10.1. The van der Waals surface area contributed by atoms with E-state index < -0.39 is 5.97 Å². The molecule has 3 N–H and O–H groups in total. The Kier molecular flexibility index (Phi) is 6.39. The van der Waals surface area contributed by atoms with Crippen LogP contribution < -0.4 is 10.5 Å². The molecule has 0 radical (unpaired) electrons. The molecule has 3 aromatic carbocycles. The van der Waals surface area contributed by atoms with Crippen LogP contribution in [0.5, 0.6) is 5.75 Å². The number of ether oxygens (including phenoxy) is 2. The van der Waals surface area contributed by atoms with Crippen molar-refractivity contribution in [2.75, 3.05) is 18.9 Å². The molecule has 0 saturated carbocycles. The van der Waals surface area contributed by atoms with E-state index >= 15 is 0 Å². The number of para-hydroxylation sites is 1. The Bertz CT molecular complexity index is 1640. The highest BCUT2D eigenvalue weighted by Gasteiger charge is 2.22. The van der Waals surface area contributed by atoms with Crippen LogP contribution >= 0.6 is 0 Å². The van der Waals surface area contributed by atoms with Gasteiger partial charge in [0, 0.05) is 35.7 Å². The molecule has 2 aromatic heterocycles. The van der Waals surface area contributed by atoms with Gasteiger partial charge in [-0.3, -0.25) is 9.48 Å². The van der Waals surface area contributed by atoms with Gasteiger partial charge >= 0.3 is 5.97 Å². The molecule has 1 fully saturated rings. The molecular weight excluding hydrogens is 480 g/mol. The number of nitrogens with zero attached hydrogens (tertiary/aromatic N) is 3. The topological polar surface area (TPSA) is 112 Å². The predicted molar refractivity (Wildman–Crippen MR) is 146 cm³/mol. The lowest BCUT2D eigenvalue weighted by molar-refractivity contribution is -0.136. The maximum atomic E-state index is 11.3. The van der Waals surface area contributed by atoms with Crippen molar-refractivity contribution in [1.82, 2.24) is 14.8 Å². The summed E-state index contributed by atoms with van der Waals surface area (Å²) < 4.78 is 13.9. The van der Waals surface area contributed by atoms with Gasteiger partial charge in [0.25, 0.3) is 0 Å². The van der Waals surface area contributed by atoms with E-state index in [1.807, 2.05) is 30.3 Å². The molecule has 5 aromatic rings. The zero-order valence-electron chi connectivity index (χ0n) is 20.8. The van der Waals surface area contributed by atoms with Crippen LogP contribution in [0, 0.1) is 0 Å². The first-order valence-electron chi connectivity index (χ1n) is 12.7. The van der Waals surface area contributed by atoms with Crippen molar-refractivity contribution in [3.63, 3.8) is 0 Å². The van der Waals surface area contributed by atoms with Gasteiger partial charge in [-0.1, -0.05) is 42.5 Å². The van der Waals surface area contributed by atoms with E-state index in [0.29, 0.717) is 30.3 Å². The van der Waals surface area contributed by atoms with Gasteiger partial charge in [0.1, 0.15) is 23.9 Å². The molecule has 1 aliphatic heterocycles. The summed E-state index contributed by atoms with van der Waals surface area (Å²) in [5, 5.41) is 17.3. The minimum Gasteiger partial charge on any atom is -0.487 e. The SMILES string of the molecule is Nc1nccc2c(-c3ccc4c(c3)c(COc3ccccc3CC(=O)O)nn4C3CCOCC3)cccc12. The molecule has 6 rings (SSSR count). The summed E-state index contributed by atoms with van der Waals surface area (Å²) in [5.74, 6) is 0.162. The third-order valence-electron chi connectivity index (χ3n) is 7.15. The molecule has 8 nitrogen and oxygen atoms in total. The number of nitrogens with two attached hydrogens (primary N) is 1. The van der Waals surface area contributed by atoms with Crippen LogP contribution in [0.15, 0.2) is 72.9 Å². The van der Waals surface area contributed by atoms with Crippen LogP contribution in [-0.2, 0) is 22.6 Å². The lowest BCUT2D eigenvalue weighted by Crippen LogP contribution is -2.20. The minimum absolute atomic E-state index is 0.101. The van der Waals surface area contributed by atoms with Gasteiger partial charge in [0.2, 0.25) is 0 Å². The first kappa shape index (κ1) is 23.9. The molecule has 0 aliphatic carbocycles. The number of aliphatic carboxylic acids is 1. The molecule has 0 spiro atoms. The molecule has 1 saturated heterocycles. The standard InChI is InChI=1S/C30H28N4O4/c31-30-24-6-3-5-22(23(24)10-13-32-30)19-8-9-27-25(16-19)26(33-34(27)21-11-14-37-15-12-21)18-38-28-7-2-1-4-20(28)17-29(35)36/h1-10,13,16,21H,11-12,14-15,17-18H2,(H2,31,32)(H,35,36). The highest BCUT2D eigenvalue weighted by atomic mass is 16.5. The number of hydrogen-bond donors (Lipinski definition) is 2. The normalized spacial score (nSPS) is 14.2. The minimum atomic E-state index is -0.897. The largest absolute Gasteiger partial charge is 0.487 e. The van der Waals surface area contributed by atoms with Crippen LogP contribution in [0.3, 0.4) is 0 Å². The number of carbonyl (C=O) groups is 1. The molecule has 1 aliphatic rings. The molecule has 0 amide bonds. The number of fused-ring (bicyclic) bond motifs is 2. The van der Waals surface area contributed by atoms with E-state index in [1.165, 1.54) is 0 Å². The Morgan fingerprint density at radius 2 is 1.87 bits per heavy atom. The third-order valence-corrected chi connectivity index (χ3v) is 7.15. The summed E-state index contributed by atoms with van der Waals surface area (Å²) in [6.45, 7) is 1.65.